The van der Waals surface area contributed by atoms with Gasteiger partial charge in [0.2, 0.25) is 15.9 Å². The number of hydrogen-bond donors (Lipinski definition) is 2. The summed E-state index contributed by atoms with van der Waals surface area (Å²) in [6.07, 6.45) is 2.75. The van der Waals surface area contributed by atoms with Crippen LogP contribution in [0, 0.1) is 5.92 Å². The Labute approximate surface area is 204 Å². The lowest BCUT2D eigenvalue weighted by Gasteiger charge is -2.22. The van der Waals surface area contributed by atoms with Crippen molar-refractivity contribution in [2.45, 2.75) is 57.9 Å². The van der Waals surface area contributed by atoms with Crippen molar-refractivity contribution in [2.24, 2.45) is 5.92 Å². The van der Waals surface area contributed by atoms with E-state index in [1.165, 1.54) is 22.0 Å². The van der Waals surface area contributed by atoms with Crippen LogP contribution in [0.1, 0.15) is 56.5 Å². The van der Waals surface area contributed by atoms with Crippen molar-refractivity contribution in [2.75, 3.05) is 19.6 Å². The van der Waals surface area contributed by atoms with Gasteiger partial charge in [0.25, 0.3) is 5.91 Å². The summed E-state index contributed by atoms with van der Waals surface area (Å²) in [5.74, 6) is -0.847. The van der Waals surface area contributed by atoms with Gasteiger partial charge in [-0.25, -0.2) is 8.42 Å². The number of nitrogens with one attached hydrogen (secondary N) is 2. The minimum absolute atomic E-state index is 0.0628. The average Bonchev–Trinajstić information content (AvgIpc) is 2.83. The van der Waals surface area contributed by atoms with Crippen molar-refractivity contribution in [1.82, 2.24) is 14.9 Å². The summed E-state index contributed by atoms with van der Waals surface area (Å²) < 4.78 is 26.9. The van der Waals surface area contributed by atoms with E-state index in [2.05, 4.69) is 22.8 Å². The second kappa shape index (κ2) is 13.2. The summed E-state index contributed by atoms with van der Waals surface area (Å²) >= 11 is 0. The van der Waals surface area contributed by atoms with E-state index in [9.17, 15) is 18.0 Å². The Kier molecular flexibility index (Phi) is 10.7. The smallest absolute Gasteiger partial charge is 0.251 e. The number of nitrogens with zero attached hydrogens (tertiary/aromatic N) is 1. The van der Waals surface area contributed by atoms with E-state index >= 15 is 0 Å². The van der Waals surface area contributed by atoms with Gasteiger partial charge in [-0.15, -0.1) is 0 Å². The summed E-state index contributed by atoms with van der Waals surface area (Å²) in [5, 5.41) is 5.69. The van der Waals surface area contributed by atoms with E-state index < -0.39 is 22.0 Å². The van der Waals surface area contributed by atoms with Crippen LogP contribution in [0.3, 0.4) is 0 Å². The standard InChI is InChI=1S/C26H37N3O4S/c1-5-29(6-2)34(32,33)23-17-12-16-22(19-23)25(30)28-24(20(3)4)26(31)27-18-11-10-15-21-13-8-7-9-14-21/h7-9,12-14,16-17,19-20,24H,5-6,10-11,15,18H2,1-4H3,(H,27,31)(H,28,30)/t24-/m0/s1. The summed E-state index contributed by atoms with van der Waals surface area (Å²) in [7, 11) is -3.68. The molecule has 0 heterocycles. The number of hydrogen-bond acceptors (Lipinski definition) is 4. The third kappa shape index (κ3) is 7.67. The SMILES string of the molecule is CCN(CC)S(=O)(=O)c1cccc(C(=O)N[C@H](C(=O)NCCCCc2ccccc2)C(C)C)c1. The highest BCUT2D eigenvalue weighted by Gasteiger charge is 2.26. The first-order chi connectivity index (χ1) is 16.2. The lowest BCUT2D eigenvalue weighted by Crippen LogP contribution is -2.49. The zero-order valence-electron chi connectivity index (χ0n) is 20.6. The molecule has 2 aromatic carbocycles. The molecule has 34 heavy (non-hydrogen) atoms. The summed E-state index contributed by atoms with van der Waals surface area (Å²) in [6, 6.07) is 15.4. The van der Waals surface area contributed by atoms with Crippen molar-refractivity contribution in [3.05, 3.63) is 65.7 Å². The quantitative estimate of drug-likeness (QED) is 0.422. The minimum atomic E-state index is -3.68. The molecule has 0 aliphatic carbocycles. The van der Waals surface area contributed by atoms with Crippen molar-refractivity contribution >= 4 is 21.8 Å². The van der Waals surface area contributed by atoms with Crippen LogP contribution >= 0.6 is 0 Å². The van der Waals surface area contributed by atoms with Crippen LogP contribution in [0.2, 0.25) is 0 Å². The monoisotopic (exact) mass is 487 g/mol. The third-order valence-corrected chi connectivity index (χ3v) is 7.76. The maximum Gasteiger partial charge on any atom is 0.251 e. The predicted molar refractivity (Wildman–Crippen MR) is 135 cm³/mol. The lowest BCUT2D eigenvalue weighted by molar-refractivity contribution is -0.123. The van der Waals surface area contributed by atoms with Crippen LogP contribution < -0.4 is 10.6 Å². The minimum Gasteiger partial charge on any atom is -0.354 e. The van der Waals surface area contributed by atoms with Crippen LogP contribution in [0.25, 0.3) is 0 Å². The number of aryl methyl sites for hydroxylation is 1. The van der Waals surface area contributed by atoms with Gasteiger partial charge in [-0.3, -0.25) is 9.59 Å². The number of rotatable bonds is 13. The topological polar surface area (TPSA) is 95.6 Å². The van der Waals surface area contributed by atoms with Gasteiger partial charge < -0.3 is 10.6 Å². The molecule has 2 rings (SSSR count). The van der Waals surface area contributed by atoms with Gasteiger partial charge in [0.05, 0.1) is 4.90 Å². The van der Waals surface area contributed by atoms with E-state index in [1.54, 1.807) is 26.0 Å². The summed E-state index contributed by atoms with van der Waals surface area (Å²) in [5.41, 5.74) is 1.47. The number of amides is 2. The van der Waals surface area contributed by atoms with Crippen LogP contribution in [-0.4, -0.2) is 50.2 Å². The van der Waals surface area contributed by atoms with Crippen molar-refractivity contribution in [3.8, 4) is 0 Å². The number of unbranched alkanes of at least 4 members (excludes halogenated alkanes) is 1. The molecular weight excluding hydrogens is 450 g/mol. The summed E-state index contributed by atoms with van der Waals surface area (Å²) in [4.78, 5) is 25.7. The summed E-state index contributed by atoms with van der Waals surface area (Å²) in [6.45, 7) is 8.48. The van der Waals surface area contributed by atoms with Gasteiger partial charge in [-0.1, -0.05) is 64.1 Å². The van der Waals surface area contributed by atoms with Gasteiger partial charge in [0, 0.05) is 25.2 Å². The van der Waals surface area contributed by atoms with E-state index in [1.807, 2.05) is 32.0 Å². The number of sulfonamides is 1. The van der Waals surface area contributed by atoms with Crippen molar-refractivity contribution in [1.29, 1.82) is 0 Å². The molecule has 0 bridgehead atoms. The van der Waals surface area contributed by atoms with E-state index in [4.69, 9.17) is 0 Å². The molecule has 0 saturated heterocycles. The highest BCUT2D eigenvalue weighted by atomic mass is 32.2. The Morgan fingerprint density at radius 1 is 0.941 bits per heavy atom. The normalized spacial score (nSPS) is 12.5. The van der Waals surface area contributed by atoms with Crippen LogP contribution in [-0.2, 0) is 21.2 Å². The number of carbonyl (C=O) groups is 2. The molecule has 2 N–H and O–H groups in total. The molecule has 2 aromatic rings. The zero-order valence-corrected chi connectivity index (χ0v) is 21.4. The molecule has 0 saturated carbocycles. The Hall–Kier alpha value is -2.71. The fraction of sp³-hybridized carbons (Fsp3) is 0.462. The Morgan fingerprint density at radius 3 is 2.24 bits per heavy atom. The second-order valence-electron chi connectivity index (χ2n) is 8.55. The molecule has 2 amide bonds. The Balaban J connectivity index is 1.97. The number of benzene rings is 2. The largest absolute Gasteiger partial charge is 0.354 e. The van der Waals surface area contributed by atoms with E-state index in [-0.39, 0.29) is 22.3 Å². The maximum absolute atomic E-state index is 12.9. The molecule has 0 radical (unpaired) electrons. The molecule has 0 aliphatic rings. The van der Waals surface area contributed by atoms with E-state index in [0.29, 0.717) is 19.6 Å². The molecule has 1 atom stereocenters. The van der Waals surface area contributed by atoms with Gasteiger partial charge in [0.1, 0.15) is 6.04 Å². The molecule has 7 nitrogen and oxygen atoms in total. The van der Waals surface area contributed by atoms with Crippen molar-refractivity contribution in [3.63, 3.8) is 0 Å². The highest BCUT2D eigenvalue weighted by molar-refractivity contribution is 7.89. The molecule has 0 aliphatic heterocycles. The Morgan fingerprint density at radius 2 is 1.62 bits per heavy atom. The fourth-order valence-electron chi connectivity index (χ4n) is 3.69. The van der Waals surface area contributed by atoms with Gasteiger partial charge >= 0.3 is 0 Å². The van der Waals surface area contributed by atoms with Gasteiger partial charge in [-0.05, 0) is 48.9 Å². The lowest BCUT2D eigenvalue weighted by atomic mass is 10.0. The number of carbonyl (C=O) groups excluding carboxylic acids is 2. The Bertz CT molecular complexity index is 1040. The van der Waals surface area contributed by atoms with Crippen molar-refractivity contribution < 1.29 is 18.0 Å². The molecule has 0 spiro atoms. The zero-order chi connectivity index (χ0) is 25.1. The van der Waals surface area contributed by atoms with Crippen LogP contribution in [0.4, 0.5) is 0 Å². The van der Waals surface area contributed by atoms with E-state index in [0.717, 1.165) is 19.3 Å². The molecule has 186 valence electrons. The van der Waals surface area contributed by atoms with Gasteiger partial charge in [-0.2, -0.15) is 4.31 Å². The first-order valence-electron chi connectivity index (χ1n) is 11.9. The first-order valence-corrected chi connectivity index (χ1v) is 13.4. The third-order valence-electron chi connectivity index (χ3n) is 5.71. The van der Waals surface area contributed by atoms with Crippen LogP contribution in [0.15, 0.2) is 59.5 Å². The molecule has 0 aromatic heterocycles. The first kappa shape index (κ1) is 27.5. The molecule has 8 heteroatoms. The molecule has 0 unspecified atom stereocenters. The highest BCUT2D eigenvalue weighted by Crippen LogP contribution is 2.17. The average molecular weight is 488 g/mol. The molecular formula is C26H37N3O4S. The maximum atomic E-state index is 12.9. The second-order valence-corrected chi connectivity index (χ2v) is 10.5. The molecule has 0 fully saturated rings. The fourth-order valence-corrected chi connectivity index (χ4v) is 5.19. The predicted octanol–water partition coefficient (Wildman–Crippen LogP) is 3.61. The van der Waals surface area contributed by atoms with Gasteiger partial charge in [0.15, 0.2) is 0 Å². The van der Waals surface area contributed by atoms with Crippen LogP contribution in [0.5, 0.6) is 0 Å².